The van der Waals surface area contributed by atoms with Crippen molar-refractivity contribution in [2.45, 2.75) is 51.7 Å². The molecule has 0 radical (unpaired) electrons. The summed E-state index contributed by atoms with van der Waals surface area (Å²) in [6, 6.07) is 0.902. The van der Waals surface area contributed by atoms with Gasteiger partial charge in [0, 0.05) is 0 Å². The molecule has 0 saturated heterocycles. The highest BCUT2D eigenvalue weighted by Crippen LogP contribution is 2.33. The van der Waals surface area contributed by atoms with Crippen LogP contribution in [0.5, 0.6) is 0 Å². The topological polar surface area (TPSA) is 20.2 Å². The molecule has 1 nitrogen and oxygen atoms in total. The van der Waals surface area contributed by atoms with Crippen LogP contribution in [0, 0.1) is 0 Å². The van der Waals surface area contributed by atoms with Crippen molar-refractivity contribution in [1.29, 1.82) is 0 Å². The van der Waals surface area contributed by atoms with Crippen molar-refractivity contribution in [3.05, 3.63) is 12.2 Å². The molecule has 1 N–H and O–H groups in total. The number of hydrogen-bond acceptors (Lipinski definition) is 1. The van der Waals surface area contributed by atoms with Gasteiger partial charge in [0.05, 0.1) is 0 Å². The van der Waals surface area contributed by atoms with Crippen LogP contribution in [0.3, 0.4) is 0 Å². The molecular formula is C10H22OSi. The Balaban J connectivity index is 4.39. The van der Waals surface area contributed by atoms with E-state index in [0.717, 1.165) is 6.04 Å². The first-order valence-electron chi connectivity index (χ1n) is 4.78. The van der Waals surface area contributed by atoms with E-state index in [9.17, 15) is 4.80 Å². The lowest BCUT2D eigenvalue weighted by Gasteiger charge is -2.32. The maximum absolute atomic E-state index is 10.4. The SMILES string of the molecule is CC=CC[Si](O)(C(C)C)C(C)C. The summed E-state index contributed by atoms with van der Waals surface area (Å²) in [5.74, 6) is 0. The highest BCUT2D eigenvalue weighted by atomic mass is 28.4. The minimum Gasteiger partial charge on any atom is -0.431 e. The lowest BCUT2D eigenvalue weighted by atomic mass is 10.5. The second-order valence-electron chi connectivity index (χ2n) is 4.07. The van der Waals surface area contributed by atoms with Gasteiger partial charge >= 0.3 is 0 Å². The Morgan fingerprint density at radius 1 is 1.17 bits per heavy atom. The Morgan fingerprint density at radius 3 is 1.83 bits per heavy atom. The van der Waals surface area contributed by atoms with E-state index in [1.165, 1.54) is 0 Å². The average Bonchev–Trinajstić information content (AvgIpc) is 1.99. The number of rotatable bonds is 4. The van der Waals surface area contributed by atoms with E-state index in [-0.39, 0.29) is 0 Å². The molecule has 0 amide bonds. The van der Waals surface area contributed by atoms with Crippen LogP contribution in [0.1, 0.15) is 34.6 Å². The summed E-state index contributed by atoms with van der Waals surface area (Å²) in [5.41, 5.74) is 0.905. The maximum atomic E-state index is 10.4. The van der Waals surface area contributed by atoms with Crippen LogP contribution in [-0.4, -0.2) is 13.1 Å². The summed E-state index contributed by atoms with van der Waals surface area (Å²) < 4.78 is 0. The molecule has 72 valence electrons. The van der Waals surface area contributed by atoms with Gasteiger partial charge in [-0.3, -0.25) is 0 Å². The predicted molar refractivity (Wildman–Crippen MR) is 57.8 cm³/mol. The van der Waals surface area contributed by atoms with Gasteiger partial charge in [-0.15, -0.1) is 0 Å². The van der Waals surface area contributed by atoms with Crippen molar-refractivity contribution in [3.63, 3.8) is 0 Å². The van der Waals surface area contributed by atoms with Gasteiger partial charge in [-0.05, 0) is 24.1 Å². The molecule has 0 aromatic carbocycles. The van der Waals surface area contributed by atoms with Crippen molar-refractivity contribution in [2.75, 3.05) is 0 Å². The van der Waals surface area contributed by atoms with E-state index in [1.807, 2.05) is 13.0 Å². The minimum absolute atomic E-state index is 0.452. The zero-order chi connectivity index (χ0) is 9.78. The van der Waals surface area contributed by atoms with Crippen LogP contribution in [-0.2, 0) is 0 Å². The number of allylic oxidation sites excluding steroid dienone is 2. The van der Waals surface area contributed by atoms with Gasteiger partial charge in [-0.1, -0.05) is 39.8 Å². The van der Waals surface area contributed by atoms with E-state index in [4.69, 9.17) is 0 Å². The Morgan fingerprint density at radius 2 is 1.58 bits per heavy atom. The second-order valence-corrected chi connectivity index (χ2v) is 8.77. The van der Waals surface area contributed by atoms with E-state index in [2.05, 4.69) is 33.8 Å². The molecule has 0 fully saturated rings. The summed E-state index contributed by atoms with van der Waals surface area (Å²) in [6.45, 7) is 10.5. The minimum atomic E-state index is -2.01. The van der Waals surface area contributed by atoms with Crippen LogP contribution in [0.4, 0.5) is 0 Å². The standard InChI is InChI=1S/C10H22OSi/c1-6-7-8-12(11,9(2)3)10(4)5/h6-7,9-11H,8H2,1-5H3. The van der Waals surface area contributed by atoms with Gasteiger partial charge in [-0.25, -0.2) is 0 Å². The first-order valence-corrected chi connectivity index (χ1v) is 7.09. The van der Waals surface area contributed by atoms with Crippen molar-refractivity contribution in [1.82, 2.24) is 0 Å². The molecule has 0 aliphatic rings. The second kappa shape index (κ2) is 4.82. The normalized spacial score (nSPS) is 13.7. The molecule has 0 heterocycles. The summed E-state index contributed by atoms with van der Waals surface area (Å²) in [4.78, 5) is 10.4. The van der Waals surface area contributed by atoms with Gasteiger partial charge in [0.1, 0.15) is 0 Å². The Kier molecular flexibility index (Phi) is 4.79. The van der Waals surface area contributed by atoms with Crippen molar-refractivity contribution >= 4 is 8.32 Å². The van der Waals surface area contributed by atoms with Crippen LogP contribution in [0.25, 0.3) is 0 Å². The molecular weight excluding hydrogens is 164 g/mol. The average molecular weight is 186 g/mol. The highest BCUT2D eigenvalue weighted by Gasteiger charge is 2.36. The lowest BCUT2D eigenvalue weighted by molar-refractivity contribution is 0.496. The van der Waals surface area contributed by atoms with Crippen molar-refractivity contribution in [2.24, 2.45) is 0 Å². The van der Waals surface area contributed by atoms with Gasteiger partial charge < -0.3 is 4.80 Å². The summed E-state index contributed by atoms with van der Waals surface area (Å²) in [5, 5.41) is 0. The molecule has 0 unspecified atom stereocenters. The fourth-order valence-electron chi connectivity index (χ4n) is 1.44. The van der Waals surface area contributed by atoms with Crippen molar-refractivity contribution in [3.8, 4) is 0 Å². The Bertz CT molecular complexity index is 142. The largest absolute Gasteiger partial charge is 0.431 e. The third-order valence-corrected chi connectivity index (χ3v) is 7.57. The van der Waals surface area contributed by atoms with Crippen molar-refractivity contribution < 1.29 is 4.80 Å². The monoisotopic (exact) mass is 186 g/mol. The zero-order valence-corrected chi connectivity index (χ0v) is 9.96. The van der Waals surface area contributed by atoms with Crippen LogP contribution in [0.15, 0.2) is 12.2 Å². The smallest absolute Gasteiger partial charge is 0.197 e. The van der Waals surface area contributed by atoms with Crippen LogP contribution in [0.2, 0.25) is 17.1 Å². The zero-order valence-electron chi connectivity index (χ0n) is 8.96. The maximum Gasteiger partial charge on any atom is 0.197 e. The molecule has 0 spiro atoms. The molecule has 0 aromatic heterocycles. The van der Waals surface area contributed by atoms with Gasteiger partial charge in [0.25, 0.3) is 0 Å². The molecule has 0 saturated carbocycles. The van der Waals surface area contributed by atoms with Gasteiger partial charge in [0.15, 0.2) is 8.32 Å². The lowest BCUT2D eigenvalue weighted by Crippen LogP contribution is -2.40. The molecule has 0 aliphatic carbocycles. The van der Waals surface area contributed by atoms with Gasteiger partial charge in [-0.2, -0.15) is 0 Å². The molecule has 2 heteroatoms. The third kappa shape index (κ3) is 2.76. The predicted octanol–water partition coefficient (Wildman–Crippen LogP) is 3.32. The Labute approximate surface area is 77.6 Å². The molecule has 12 heavy (non-hydrogen) atoms. The van der Waals surface area contributed by atoms with Gasteiger partial charge in [0.2, 0.25) is 0 Å². The molecule has 0 rings (SSSR count). The third-order valence-electron chi connectivity index (χ3n) is 2.68. The molecule has 0 bridgehead atoms. The highest BCUT2D eigenvalue weighted by molar-refractivity contribution is 6.75. The number of hydrogen-bond donors (Lipinski definition) is 1. The quantitative estimate of drug-likeness (QED) is 0.527. The van der Waals surface area contributed by atoms with Crippen LogP contribution < -0.4 is 0 Å². The molecule has 0 aromatic rings. The Hall–Kier alpha value is -0.0831. The fraction of sp³-hybridized carbons (Fsp3) is 0.800. The fourth-order valence-corrected chi connectivity index (χ4v) is 4.33. The molecule has 0 atom stereocenters. The van der Waals surface area contributed by atoms with Crippen LogP contribution >= 0.6 is 0 Å². The first-order chi connectivity index (χ1) is 5.45. The first kappa shape index (κ1) is 11.9. The van der Waals surface area contributed by atoms with E-state index in [0.29, 0.717) is 11.1 Å². The van der Waals surface area contributed by atoms with E-state index >= 15 is 0 Å². The summed E-state index contributed by atoms with van der Waals surface area (Å²) in [6.07, 6.45) is 4.13. The summed E-state index contributed by atoms with van der Waals surface area (Å²) >= 11 is 0. The van der Waals surface area contributed by atoms with E-state index in [1.54, 1.807) is 0 Å². The van der Waals surface area contributed by atoms with E-state index < -0.39 is 8.32 Å². The molecule has 0 aliphatic heterocycles. The summed E-state index contributed by atoms with van der Waals surface area (Å²) in [7, 11) is -2.01.